The zero-order chi connectivity index (χ0) is 20.2. The largest absolute Gasteiger partial charge is 0.356 e. The number of nitrogens with one attached hydrogen (secondary N) is 1. The summed E-state index contributed by atoms with van der Waals surface area (Å²) in [6.45, 7) is 8.78. The fraction of sp³-hybridized carbons (Fsp3) is 0.652. The topological polar surface area (TPSA) is 52.7 Å². The molecule has 0 saturated carbocycles. The zero-order valence-corrected chi connectivity index (χ0v) is 17.7. The molecule has 0 aromatic heterocycles. The van der Waals surface area contributed by atoms with Crippen LogP contribution in [0.25, 0.3) is 0 Å². The predicted octanol–water partition coefficient (Wildman–Crippen LogP) is 3.76. The fourth-order valence-corrected chi connectivity index (χ4v) is 3.84. The van der Waals surface area contributed by atoms with Crippen molar-refractivity contribution in [2.24, 2.45) is 0 Å². The van der Waals surface area contributed by atoms with E-state index in [1.54, 1.807) is 0 Å². The number of nitrogens with zero attached hydrogens (tertiary/aromatic N) is 2. The number of rotatable bonds is 5. The van der Waals surface area contributed by atoms with Gasteiger partial charge >= 0.3 is 0 Å². The zero-order valence-electron chi connectivity index (χ0n) is 17.7. The SMILES string of the molecule is CCCCC(=O)N1CCCN(CC)CCCCNC(=O)CC1c1ccccc1. The molecular formula is C23H37N3O2. The highest BCUT2D eigenvalue weighted by Crippen LogP contribution is 2.26. The molecule has 0 radical (unpaired) electrons. The Hall–Kier alpha value is -1.88. The van der Waals surface area contributed by atoms with Gasteiger partial charge in [0.1, 0.15) is 0 Å². The molecule has 2 rings (SSSR count). The molecule has 1 unspecified atom stereocenters. The van der Waals surface area contributed by atoms with Gasteiger partial charge in [0.2, 0.25) is 11.8 Å². The summed E-state index contributed by atoms with van der Waals surface area (Å²) in [5.74, 6) is 0.204. The van der Waals surface area contributed by atoms with Crippen LogP contribution in [0.15, 0.2) is 30.3 Å². The van der Waals surface area contributed by atoms with Crippen LogP contribution in [0.4, 0.5) is 0 Å². The molecule has 1 aliphatic rings. The lowest BCUT2D eigenvalue weighted by Gasteiger charge is -2.33. The van der Waals surface area contributed by atoms with Gasteiger partial charge in [0, 0.05) is 19.5 Å². The van der Waals surface area contributed by atoms with Crippen molar-refractivity contribution in [1.29, 1.82) is 0 Å². The van der Waals surface area contributed by atoms with Gasteiger partial charge in [0.15, 0.2) is 0 Å². The van der Waals surface area contributed by atoms with Gasteiger partial charge in [0.05, 0.1) is 12.5 Å². The quantitative estimate of drug-likeness (QED) is 0.837. The molecule has 1 N–H and O–H groups in total. The summed E-state index contributed by atoms with van der Waals surface area (Å²) < 4.78 is 0. The van der Waals surface area contributed by atoms with E-state index in [1.807, 2.05) is 35.2 Å². The van der Waals surface area contributed by atoms with Gasteiger partial charge in [-0.2, -0.15) is 0 Å². The fourth-order valence-electron chi connectivity index (χ4n) is 3.84. The van der Waals surface area contributed by atoms with E-state index in [0.29, 0.717) is 25.9 Å². The molecule has 2 amide bonds. The number of carbonyl (C=O) groups excluding carboxylic acids is 2. The monoisotopic (exact) mass is 387 g/mol. The van der Waals surface area contributed by atoms with E-state index in [4.69, 9.17) is 0 Å². The Labute approximate surface area is 170 Å². The highest BCUT2D eigenvalue weighted by molar-refractivity contribution is 5.80. The van der Waals surface area contributed by atoms with Crippen molar-refractivity contribution in [3.63, 3.8) is 0 Å². The number of unbranched alkanes of at least 4 members (excludes halogenated alkanes) is 1. The summed E-state index contributed by atoms with van der Waals surface area (Å²) in [5.41, 5.74) is 1.05. The van der Waals surface area contributed by atoms with Crippen LogP contribution in [0.3, 0.4) is 0 Å². The number of hydrogen-bond acceptors (Lipinski definition) is 3. The van der Waals surface area contributed by atoms with Gasteiger partial charge in [-0.1, -0.05) is 50.6 Å². The van der Waals surface area contributed by atoms with Crippen molar-refractivity contribution < 1.29 is 9.59 Å². The Morgan fingerprint density at radius 1 is 1.07 bits per heavy atom. The molecule has 1 heterocycles. The molecule has 1 atom stereocenters. The predicted molar refractivity (Wildman–Crippen MR) is 114 cm³/mol. The van der Waals surface area contributed by atoms with Crippen LogP contribution in [-0.4, -0.2) is 54.3 Å². The molecular weight excluding hydrogens is 350 g/mol. The van der Waals surface area contributed by atoms with Crippen molar-refractivity contribution in [3.8, 4) is 0 Å². The Morgan fingerprint density at radius 3 is 2.54 bits per heavy atom. The van der Waals surface area contributed by atoms with Crippen molar-refractivity contribution >= 4 is 11.8 Å². The second kappa shape index (κ2) is 12.6. The summed E-state index contributed by atoms with van der Waals surface area (Å²) in [4.78, 5) is 30.1. The molecule has 0 aliphatic carbocycles. The highest BCUT2D eigenvalue weighted by Gasteiger charge is 2.27. The third-order valence-electron chi connectivity index (χ3n) is 5.55. The third-order valence-corrected chi connectivity index (χ3v) is 5.55. The second-order valence-electron chi connectivity index (χ2n) is 7.67. The minimum atomic E-state index is -0.193. The number of carbonyl (C=O) groups is 2. The first-order chi connectivity index (χ1) is 13.7. The van der Waals surface area contributed by atoms with Crippen LogP contribution in [-0.2, 0) is 9.59 Å². The van der Waals surface area contributed by atoms with Crippen LogP contribution in [0.1, 0.15) is 70.4 Å². The Bertz CT molecular complexity index is 591. The molecule has 28 heavy (non-hydrogen) atoms. The van der Waals surface area contributed by atoms with Gasteiger partial charge in [-0.05, 0) is 50.9 Å². The first kappa shape index (κ1) is 22.4. The third kappa shape index (κ3) is 7.27. The summed E-state index contributed by atoms with van der Waals surface area (Å²) in [5, 5.41) is 3.06. The number of benzene rings is 1. The lowest BCUT2D eigenvalue weighted by Crippen LogP contribution is -2.39. The molecule has 1 aliphatic heterocycles. The summed E-state index contributed by atoms with van der Waals surface area (Å²) >= 11 is 0. The van der Waals surface area contributed by atoms with E-state index in [1.165, 1.54) is 0 Å². The van der Waals surface area contributed by atoms with Gasteiger partial charge < -0.3 is 15.1 Å². The molecule has 0 bridgehead atoms. The summed E-state index contributed by atoms with van der Waals surface area (Å²) in [7, 11) is 0. The molecule has 156 valence electrons. The Balaban J connectivity index is 2.25. The van der Waals surface area contributed by atoms with Gasteiger partial charge in [-0.15, -0.1) is 0 Å². The second-order valence-corrected chi connectivity index (χ2v) is 7.67. The van der Waals surface area contributed by atoms with E-state index in [0.717, 1.165) is 57.3 Å². The van der Waals surface area contributed by atoms with Crippen molar-refractivity contribution in [1.82, 2.24) is 15.1 Å². The maximum atomic E-state index is 13.1. The lowest BCUT2D eigenvalue weighted by molar-refractivity contribution is -0.135. The van der Waals surface area contributed by atoms with Gasteiger partial charge in [-0.25, -0.2) is 0 Å². The van der Waals surface area contributed by atoms with Crippen LogP contribution < -0.4 is 5.32 Å². The van der Waals surface area contributed by atoms with Crippen molar-refractivity contribution in [3.05, 3.63) is 35.9 Å². The normalized spacial score (nSPS) is 20.6. The molecule has 1 aromatic carbocycles. The van der Waals surface area contributed by atoms with E-state index < -0.39 is 0 Å². The van der Waals surface area contributed by atoms with Gasteiger partial charge in [0.25, 0.3) is 0 Å². The molecule has 5 nitrogen and oxygen atoms in total. The maximum Gasteiger partial charge on any atom is 0.223 e. The van der Waals surface area contributed by atoms with Crippen LogP contribution in [0.5, 0.6) is 0 Å². The summed E-state index contributed by atoms with van der Waals surface area (Å²) in [6.07, 6.45) is 5.81. The molecule has 5 heteroatoms. The number of amides is 2. The van der Waals surface area contributed by atoms with Crippen LogP contribution in [0, 0.1) is 0 Å². The average Bonchev–Trinajstić information content (AvgIpc) is 2.73. The standard InChI is InChI=1S/C23H37N3O2/c1-3-5-14-23(28)26-18-11-17-25(4-2)16-10-9-15-24-22(27)19-21(26)20-12-7-6-8-13-20/h6-8,12-13,21H,3-5,9-11,14-19H2,1-2H3,(H,24,27). The van der Waals surface area contributed by atoms with Crippen LogP contribution in [0.2, 0.25) is 0 Å². The van der Waals surface area contributed by atoms with Gasteiger partial charge in [-0.3, -0.25) is 9.59 Å². The highest BCUT2D eigenvalue weighted by atomic mass is 16.2. The minimum absolute atomic E-state index is 0.0359. The molecule has 1 aromatic rings. The van der Waals surface area contributed by atoms with E-state index in [9.17, 15) is 9.59 Å². The molecule has 0 spiro atoms. The van der Waals surface area contributed by atoms with E-state index >= 15 is 0 Å². The van der Waals surface area contributed by atoms with Crippen molar-refractivity contribution in [2.45, 2.75) is 64.8 Å². The Kier molecular flexibility index (Phi) is 10.0. The van der Waals surface area contributed by atoms with Crippen molar-refractivity contribution in [2.75, 3.05) is 32.7 Å². The molecule has 1 fully saturated rings. The Morgan fingerprint density at radius 2 is 1.82 bits per heavy atom. The maximum absolute atomic E-state index is 13.1. The molecule has 1 saturated heterocycles. The van der Waals surface area contributed by atoms with E-state index in [2.05, 4.69) is 24.1 Å². The smallest absolute Gasteiger partial charge is 0.223 e. The first-order valence-electron chi connectivity index (χ1n) is 11.0. The first-order valence-corrected chi connectivity index (χ1v) is 11.0. The van der Waals surface area contributed by atoms with Crippen LogP contribution >= 0.6 is 0 Å². The minimum Gasteiger partial charge on any atom is -0.356 e. The number of hydrogen-bond donors (Lipinski definition) is 1. The average molecular weight is 388 g/mol. The van der Waals surface area contributed by atoms with E-state index in [-0.39, 0.29) is 17.9 Å². The summed E-state index contributed by atoms with van der Waals surface area (Å²) in [6, 6.07) is 9.83. The lowest BCUT2D eigenvalue weighted by atomic mass is 10.00.